The lowest BCUT2D eigenvalue weighted by Gasteiger charge is -1.94. The summed E-state index contributed by atoms with van der Waals surface area (Å²) in [5.74, 6) is 0. The number of nitriles is 1. The van der Waals surface area contributed by atoms with Gasteiger partial charge < -0.3 is 5.11 Å². The Labute approximate surface area is 42.7 Å². The van der Waals surface area contributed by atoms with Gasteiger partial charge >= 0.3 is 0 Å². The first-order valence-corrected chi connectivity index (χ1v) is 1.95. The van der Waals surface area contributed by atoms with Crippen LogP contribution in [0, 0.1) is 11.3 Å². The number of aliphatic hydroxyl groups is 1. The van der Waals surface area contributed by atoms with Gasteiger partial charge in [0.25, 0.3) is 0 Å². The number of rotatable bonds is 1. The Bertz CT molecular complexity index is 110. The molecule has 2 nitrogen and oxygen atoms in total. The minimum absolute atomic E-state index is 0.208. The molecule has 0 aliphatic rings. The zero-order valence-corrected chi connectivity index (χ0v) is 4.18. The highest BCUT2D eigenvalue weighted by Crippen LogP contribution is 1.92. The van der Waals surface area contributed by atoms with Crippen molar-refractivity contribution in [2.45, 2.75) is 13.0 Å². The Hall–Kier alpha value is -0.810. The fourth-order valence-corrected chi connectivity index (χ4v) is 0.0934. The molecule has 0 aliphatic carbocycles. The highest BCUT2D eigenvalue weighted by Gasteiger charge is 1.95. The Balaban J connectivity index is 3.64. The molecule has 0 aromatic carbocycles. The first-order chi connectivity index (χ1) is 3.18. The number of aliphatic hydroxyl groups excluding tert-OH is 1. The van der Waals surface area contributed by atoms with Crippen molar-refractivity contribution in [2.24, 2.45) is 0 Å². The number of nitrogens with zero attached hydrogens (tertiary/aromatic N) is 1. The van der Waals surface area contributed by atoms with E-state index < -0.39 is 6.10 Å². The molecular weight excluding hydrogens is 90.1 g/mol. The van der Waals surface area contributed by atoms with Gasteiger partial charge in [0.15, 0.2) is 0 Å². The van der Waals surface area contributed by atoms with Crippen LogP contribution in [0.25, 0.3) is 0 Å². The van der Waals surface area contributed by atoms with Crippen LogP contribution in [0.2, 0.25) is 0 Å². The molecule has 0 unspecified atom stereocenters. The lowest BCUT2D eigenvalue weighted by molar-refractivity contribution is 0.237. The predicted octanol–water partition coefficient (Wildman–Crippen LogP) is 0.447. The molecule has 0 aromatic heterocycles. The van der Waals surface area contributed by atoms with Crippen molar-refractivity contribution in [1.29, 1.82) is 5.26 Å². The molecule has 0 heterocycles. The maximum absolute atomic E-state index is 8.50. The average Bonchev–Trinajstić information content (AvgIpc) is 1.65. The number of hydrogen-bond donors (Lipinski definition) is 1. The second kappa shape index (κ2) is 2.38. The standard InChI is InChI=1S/C5H7NO/c1-4(3-6)5(2)7/h5,7H,1H2,2H3/t5-/m0/s1. The van der Waals surface area contributed by atoms with E-state index in [0.29, 0.717) is 0 Å². The molecule has 0 bridgehead atoms. The lowest BCUT2D eigenvalue weighted by atomic mass is 10.2. The molecule has 38 valence electrons. The summed E-state index contributed by atoms with van der Waals surface area (Å²) in [6.07, 6.45) is -0.690. The summed E-state index contributed by atoms with van der Waals surface area (Å²) < 4.78 is 0. The first-order valence-electron chi connectivity index (χ1n) is 1.95. The van der Waals surface area contributed by atoms with E-state index in [1.54, 1.807) is 6.07 Å². The van der Waals surface area contributed by atoms with E-state index in [1.165, 1.54) is 6.92 Å². The molecule has 0 rings (SSSR count). The van der Waals surface area contributed by atoms with Gasteiger partial charge in [-0.1, -0.05) is 6.58 Å². The summed E-state index contributed by atoms with van der Waals surface area (Å²) in [5.41, 5.74) is 0.208. The lowest BCUT2D eigenvalue weighted by Crippen LogP contribution is -1.99. The Morgan fingerprint density at radius 2 is 2.43 bits per heavy atom. The van der Waals surface area contributed by atoms with Crippen LogP contribution in [0.3, 0.4) is 0 Å². The summed E-state index contributed by atoms with van der Waals surface area (Å²) in [6, 6.07) is 1.72. The van der Waals surface area contributed by atoms with Gasteiger partial charge in [-0.05, 0) is 6.92 Å². The van der Waals surface area contributed by atoms with Crippen LogP contribution < -0.4 is 0 Å². The maximum Gasteiger partial charge on any atom is 0.0968 e. The Morgan fingerprint density at radius 3 is 2.43 bits per heavy atom. The van der Waals surface area contributed by atoms with Crippen molar-refractivity contribution in [3.05, 3.63) is 12.2 Å². The summed E-state index contributed by atoms with van der Waals surface area (Å²) in [6.45, 7) is 4.77. The van der Waals surface area contributed by atoms with Crippen molar-refractivity contribution in [3.8, 4) is 6.07 Å². The average molecular weight is 97.1 g/mol. The van der Waals surface area contributed by atoms with Crippen LogP contribution in [-0.4, -0.2) is 11.2 Å². The topological polar surface area (TPSA) is 44.0 Å². The molecular formula is C5H7NO. The minimum atomic E-state index is -0.690. The fourth-order valence-electron chi connectivity index (χ4n) is 0.0934. The molecule has 7 heavy (non-hydrogen) atoms. The van der Waals surface area contributed by atoms with Gasteiger partial charge in [0.2, 0.25) is 0 Å². The summed E-state index contributed by atoms with van der Waals surface area (Å²) in [4.78, 5) is 0. The minimum Gasteiger partial charge on any atom is -0.388 e. The monoisotopic (exact) mass is 97.1 g/mol. The second-order valence-electron chi connectivity index (χ2n) is 1.31. The molecule has 0 radical (unpaired) electrons. The highest BCUT2D eigenvalue weighted by molar-refractivity contribution is 5.19. The SMILES string of the molecule is C=C(C#N)[C@H](C)O. The van der Waals surface area contributed by atoms with Gasteiger partial charge in [-0.15, -0.1) is 0 Å². The quantitative estimate of drug-likeness (QED) is 0.483. The van der Waals surface area contributed by atoms with E-state index in [-0.39, 0.29) is 5.57 Å². The van der Waals surface area contributed by atoms with Crippen LogP contribution >= 0.6 is 0 Å². The molecule has 0 saturated carbocycles. The largest absolute Gasteiger partial charge is 0.388 e. The number of hydrogen-bond acceptors (Lipinski definition) is 2. The van der Waals surface area contributed by atoms with E-state index in [4.69, 9.17) is 10.4 Å². The zero-order chi connectivity index (χ0) is 5.86. The van der Waals surface area contributed by atoms with Crippen LogP contribution in [0.1, 0.15) is 6.92 Å². The summed E-state index contributed by atoms with van der Waals surface area (Å²) in [7, 11) is 0. The molecule has 0 amide bonds. The maximum atomic E-state index is 8.50. The smallest absolute Gasteiger partial charge is 0.0968 e. The van der Waals surface area contributed by atoms with Crippen molar-refractivity contribution < 1.29 is 5.11 Å². The van der Waals surface area contributed by atoms with E-state index in [9.17, 15) is 0 Å². The highest BCUT2D eigenvalue weighted by atomic mass is 16.3. The van der Waals surface area contributed by atoms with Crippen LogP contribution in [0.4, 0.5) is 0 Å². The molecule has 0 fully saturated rings. The molecule has 0 saturated heterocycles. The zero-order valence-electron chi connectivity index (χ0n) is 4.18. The van der Waals surface area contributed by atoms with Gasteiger partial charge in [-0.25, -0.2) is 0 Å². The third kappa shape index (κ3) is 1.96. The van der Waals surface area contributed by atoms with Gasteiger partial charge in [0, 0.05) is 0 Å². The van der Waals surface area contributed by atoms with E-state index >= 15 is 0 Å². The van der Waals surface area contributed by atoms with Gasteiger partial charge in [-0.3, -0.25) is 0 Å². The third-order valence-electron chi connectivity index (χ3n) is 0.648. The van der Waals surface area contributed by atoms with Gasteiger partial charge in [0.1, 0.15) is 0 Å². The van der Waals surface area contributed by atoms with E-state index in [0.717, 1.165) is 0 Å². The molecule has 0 aromatic rings. The Morgan fingerprint density at radius 1 is 2.00 bits per heavy atom. The van der Waals surface area contributed by atoms with E-state index in [1.807, 2.05) is 0 Å². The first kappa shape index (κ1) is 6.19. The van der Waals surface area contributed by atoms with Crippen LogP contribution in [0.5, 0.6) is 0 Å². The molecule has 0 aliphatic heterocycles. The van der Waals surface area contributed by atoms with E-state index in [2.05, 4.69) is 6.58 Å². The molecule has 0 spiro atoms. The normalized spacial score (nSPS) is 12.1. The van der Waals surface area contributed by atoms with Gasteiger partial charge in [-0.2, -0.15) is 5.26 Å². The fraction of sp³-hybridized carbons (Fsp3) is 0.400. The third-order valence-corrected chi connectivity index (χ3v) is 0.648. The second-order valence-corrected chi connectivity index (χ2v) is 1.31. The van der Waals surface area contributed by atoms with Gasteiger partial charge in [0.05, 0.1) is 17.7 Å². The van der Waals surface area contributed by atoms with Crippen LogP contribution in [-0.2, 0) is 0 Å². The van der Waals surface area contributed by atoms with Crippen molar-refractivity contribution in [3.63, 3.8) is 0 Å². The van der Waals surface area contributed by atoms with Crippen molar-refractivity contribution in [1.82, 2.24) is 0 Å². The predicted molar refractivity (Wildman–Crippen MR) is 26.4 cm³/mol. The van der Waals surface area contributed by atoms with Crippen LogP contribution in [0.15, 0.2) is 12.2 Å². The Kier molecular flexibility index (Phi) is 2.10. The molecule has 1 N–H and O–H groups in total. The summed E-state index contributed by atoms with van der Waals surface area (Å²) >= 11 is 0. The molecule has 2 heteroatoms. The molecule has 1 atom stereocenters. The van der Waals surface area contributed by atoms with Crippen molar-refractivity contribution in [2.75, 3.05) is 0 Å². The summed E-state index contributed by atoms with van der Waals surface area (Å²) in [5, 5.41) is 16.5. The van der Waals surface area contributed by atoms with Crippen molar-refractivity contribution >= 4 is 0 Å².